The molecule has 3 aromatic carbocycles. The summed E-state index contributed by atoms with van der Waals surface area (Å²) in [5.41, 5.74) is 0.762. The van der Waals surface area contributed by atoms with Gasteiger partial charge in [-0.2, -0.15) is 0 Å². The first-order valence-corrected chi connectivity index (χ1v) is 8.35. The second kappa shape index (κ2) is 7.72. The van der Waals surface area contributed by atoms with E-state index in [1.54, 1.807) is 30.3 Å². The molecule has 0 atom stereocenters. The van der Waals surface area contributed by atoms with E-state index in [2.05, 4.69) is 0 Å². The summed E-state index contributed by atoms with van der Waals surface area (Å²) in [6.45, 7) is 0.259. The number of benzene rings is 3. The van der Waals surface area contributed by atoms with Gasteiger partial charge in [0.2, 0.25) is 0 Å². The van der Waals surface area contributed by atoms with Gasteiger partial charge in [-0.15, -0.1) is 0 Å². The number of aromatic hydroxyl groups is 1. The number of rotatable bonds is 6. The lowest BCUT2D eigenvalue weighted by Crippen LogP contribution is -1.98. The van der Waals surface area contributed by atoms with Crippen LogP contribution in [-0.2, 0) is 6.61 Å². The maximum atomic E-state index is 11.4. The van der Waals surface area contributed by atoms with Gasteiger partial charge in [-0.3, -0.25) is 10.1 Å². The Labute approximate surface area is 149 Å². The third kappa shape index (κ3) is 4.51. The number of hydrogen-bond donors (Lipinski definition) is 1. The Kier molecular flexibility index (Phi) is 5.20. The van der Waals surface area contributed by atoms with Crippen LogP contribution in [0.2, 0.25) is 0 Å². The monoisotopic (exact) mass is 353 g/mol. The minimum absolute atomic E-state index is 0.0345. The Hall–Kier alpha value is -2.99. The van der Waals surface area contributed by atoms with Crippen molar-refractivity contribution in [3.05, 3.63) is 88.5 Å². The fraction of sp³-hybridized carbons (Fsp3) is 0.0526. The molecule has 0 aromatic heterocycles. The molecule has 5 nitrogen and oxygen atoms in total. The highest BCUT2D eigenvalue weighted by Crippen LogP contribution is 2.36. The maximum Gasteiger partial charge on any atom is 0.283 e. The lowest BCUT2D eigenvalue weighted by molar-refractivity contribution is -0.387. The molecular weight excluding hydrogens is 338 g/mol. The molecular formula is C19H15NO4S. The summed E-state index contributed by atoms with van der Waals surface area (Å²) in [5, 5.41) is 20.7. The van der Waals surface area contributed by atoms with Crippen molar-refractivity contribution in [2.45, 2.75) is 16.4 Å². The van der Waals surface area contributed by atoms with E-state index in [0.717, 1.165) is 10.5 Å². The number of phenolic OH excluding ortho intramolecular Hbond substituents is 1. The third-order valence-corrected chi connectivity index (χ3v) is 4.51. The van der Waals surface area contributed by atoms with Gasteiger partial charge in [-0.25, -0.2) is 0 Å². The molecule has 0 amide bonds. The van der Waals surface area contributed by atoms with Crippen molar-refractivity contribution in [3.63, 3.8) is 0 Å². The molecule has 126 valence electrons. The van der Waals surface area contributed by atoms with Crippen molar-refractivity contribution >= 4 is 17.4 Å². The summed E-state index contributed by atoms with van der Waals surface area (Å²) < 4.78 is 5.64. The van der Waals surface area contributed by atoms with Gasteiger partial charge in [0.15, 0.2) is 0 Å². The van der Waals surface area contributed by atoms with Crippen LogP contribution in [0.25, 0.3) is 0 Å². The lowest BCUT2D eigenvalue weighted by Gasteiger charge is -2.08. The largest absolute Gasteiger partial charge is 0.508 e. The molecule has 3 aromatic rings. The first-order chi connectivity index (χ1) is 12.1. The van der Waals surface area contributed by atoms with E-state index in [0.29, 0.717) is 10.6 Å². The molecule has 3 rings (SSSR count). The molecule has 0 saturated carbocycles. The minimum Gasteiger partial charge on any atom is -0.508 e. The van der Waals surface area contributed by atoms with Crippen LogP contribution in [0.5, 0.6) is 11.5 Å². The number of hydrogen-bond acceptors (Lipinski definition) is 5. The standard InChI is InChI=1S/C19H15NO4S/c21-15-7-9-17(10-8-15)25-19-11-6-14(12-18(19)20(22)23)13-24-16-4-2-1-3-5-16/h1-12,21H,13H2. The van der Waals surface area contributed by atoms with Crippen LogP contribution in [0.3, 0.4) is 0 Å². The van der Waals surface area contributed by atoms with Gasteiger partial charge in [0.25, 0.3) is 5.69 Å². The number of para-hydroxylation sites is 1. The molecule has 0 radical (unpaired) electrons. The van der Waals surface area contributed by atoms with E-state index in [9.17, 15) is 15.2 Å². The number of nitro groups is 1. The number of phenols is 1. The van der Waals surface area contributed by atoms with Gasteiger partial charge in [-0.05, 0) is 48.0 Å². The zero-order valence-corrected chi connectivity index (χ0v) is 14.0. The van der Waals surface area contributed by atoms with E-state index in [-0.39, 0.29) is 18.0 Å². The highest BCUT2D eigenvalue weighted by Gasteiger charge is 2.16. The maximum absolute atomic E-state index is 11.4. The van der Waals surface area contributed by atoms with Gasteiger partial charge in [0, 0.05) is 11.0 Å². The Balaban J connectivity index is 1.78. The van der Waals surface area contributed by atoms with Crippen LogP contribution in [0.1, 0.15) is 5.56 Å². The SMILES string of the molecule is O=[N+]([O-])c1cc(COc2ccccc2)ccc1Sc1ccc(O)cc1. The second-order valence-corrected chi connectivity index (χ2v) is 6.37. The van der Waals surface area contributed by atoms with Gasteiger partial charge in [0.05, 0.1) is 9.82 Å². The quantitative estimate of drug-likeness (QED) is 0.497. The van der Waals surface area contributed by atoms with Crippen LogP contribution in [0.15, 0.2) is 82.6 Å². The van der Waals surface area contributed by atoms with E-state index >= 15 is 0 Å². The molecule has 1 N–H and O–H groups in total. The molecule has 0 bridgehead atoms. The van der Waals surface area contributed by atoms with Crippen molar-refractivity contribution < 1.29 is 14.8 Å². The molecule has 6 heteroatoms. The first-order valence-electron chi connectivity index (χ1n) is 7.54. The van der Waals surface area contributed by atoms with Crippen LogP contribution in [-0.4, -0.2) is 10.0 Å². The van der Waals surface area contributed by atoms with Crippen molar-refractivity contribution in [1.29, 1.82) is 0 Å². The van der Waals surface area contributed by atoms with Gasteiger partial charge >= 0.3 is 0 Å². The predicted octanol–water partition coefficient (Wildman–Crippen LogP) is 5.03. The molecule has 0 unspecified atom stereocenters. The Morgan fingerprint density at radius 3 is 2.40 bits per heavy atom. The number of nitro benzene ring substituents is 1. The molecule has 0 fully saturated rings. The van der Waals surface area contributed by atoms with E-state index in [1.165, 1.54) is 17.8 Å². The van der Waals surface area contributed by atoms with Crippen molar-refractivity contribution in [2.75, 3.05) is 0 Å². The smallest absolute Gasteiger partial charge is 0.283 e. The Morgan fingerprint density at radius 2 is 1.72 bits per heavy atom. The highest BCUT2D eigenvalue weighted by molar-refractivity contribution is 7.99. The normalized spacial score (nSPS) is 10.4. The summed E-state index contributed by atoms with van der Waals surface area (Å²) in [5.74, 6) is 0.875. The van der Waals surface area contributed by atoms with Crippen LogP contribution >= 0.6 is 11.8 Å². The topological polar surface area (TPSA) is 72.6 Å². The van der Waals surface area contributed by atoms with Gasteiger partial charge < -0.3 is 9.84 Å². The summed E-state index contributed by atoms with van der Waals surface area (Å²) in [6.07, 6.45) is 0. The summed E-state index contributed by atoms with van der Waals surface area (Å²) in [4.78, 5) is 12.4. The van der Waals surface area contributed by atoms with Crippen molar-refractivity contribution in [3.8, 4) is 11.5 Å². The Morgan fingerprint density at radius 1 is 1.00 bits per heavy atom. The minimum atomic E-state index is -0.394. The molecule has 0 aliphatic rings. The zero-order chi connectivity index (χ0) is 17.6. The third-order valence-electron chi connectivity index (χ3n) is 3.43. The van der Waals surface area contributed by atoms with Gasteiger partial charge in [0.1, 0.15) is 18.1 Å². The summed E-state index contributed by atoms with van der Waals surface area (Å²) in [7, 11) is 0. The summed E-state index contributed by atoms with van der Waals surface area (Å²) in [6, 6.07) is 20.9. The van der Waals surface area contributed by atoms with Crippen LogP contribution in [0.4, 0.5) is 5.69 Å². The lowest BCUT2D eigenvalue weighted by atomic mass is 10.2. The molecule has 25 heavy (non-hydrogen) atoms. The zero-order valence-electron chi connectivity index (χ0n) is 13.2. The summed E-state index contributed by atoms with van der Waals surface area (Å²) >= 11 is 1.28. The van der Waals surface area contributed by atoms with Crippen LogP contribution < -0.4 is 4.74 Å². The molecule has 0 heterocycles. The van der Waals surface area contributed by atoms with Crippen molar-refractivity contribution in [2.24, 2.45) is 0 Å². The number of nitrogens with zero attached hydrogens (tertiary/aromatic N) is 1. The average Bonchev–Trinajstić information content (AvgIpc) is 2.63. The van der Waals surface area contributed by atoms with Crippen LogP contribution in [0, 0.1) is 10.1 Å². The van der Waals surface area contributed by atoms with E-state index < -0.39 is 4.92 Å². The van der Waals surface area contributed by atoms with E-state index in [1.807, 2.05) is 36.4 Å². The molecule has 0 saturated heterocycles. The number of ether oxygens (including phenoxy) is 1. The average molecular weight is 353 g/mol. The van der Waals surface area contributed by atoms with Crippen molar-refractivity contribution in [1.82, 2.24) is 0 Å². The first kappa shape index (κ1) is 16.9. The Bertz CT molecular complexity index is 866. The van der Waals surface area contributed by atoms with E-state index in [4.69, 9.17) is 4.74 Å². The molecule has 0 spiro atoms. The van der Waals surface area contributed by atoms with Gasteiger partial charge in [-0.1, -0.05) is 36.0 Å². The molecule has 0 aliphatic carbocycles. The molecule has 0 aliphatic heterocycles. The fourth-order valence-electron chi connectivity index (χ4n) is 2.21. The predicted molar refractivity (Wildman–Crippen MR) is 96.1 cm³/mol. The second-order valence-electron chi connectivity index (χ2n) is 5.26. The fourth-order valence-corrected chi connectivity index (χ4v) is 3.11. The highest BCUT2D eigenvalue weighted by atomic mass is 32.2.